The van der Waals surface area contributed by atoms with E-state index in [9.17, 15) is 14.0 Å². The molecule has 3 rings (SSSR count). The highest BCUT2D eigenvalue weighted by Gasteiger charge is 2.20. The minimum Gasteiger partial charge on any atom is -0.349 e. The number of carbonyl (C=O) groups excluding carboxylic acids is 2. The van der Waals surface area contributed by atoms with E-state index >= 15 is 0 Å². The number of benzene rings is 2. The van der Waals surface area contributed by atoms with Gasteiger partial charge in [-0.25, -0.2) is 4.39 Å². The van der Waals surface area contributed by atoms with Gasteiger partial charge in [-0.3, -0.25) is 9.59 Å². The molecule has 1 aliphatic carbocycles. The van der Waals surface area contributed by atoms with Crippen LogP contribution in [0.15, 0.2) is 42.5 Å². The molecule has 2 aromatic rings. The first-order chi connectivity index (χ1) is 12.9. The number of hydrogen-bond acceptors (Lipinski definition) is 3. The third kappa shape index (κ3) is 4.92. The van der Waals surface area contributed by atoms with E-state index in [-0.39, 0.29) is 23.9 Å². The zero-order valence-electron chi connectivity index (χ0n) is 15.3. The van der Waals surface area contributed by atoms with E-state index < -0.39 is 5.82 Å². The standard InChI is InChI=1S/C21H24FN3O2/c1-13-12-15(21(27)24-18-9-7-17(23)8-10-18)4-11-19(13)25-20(26)14-2-5-16(22)6-3-14/h2-6,11-12,17-18H,7-10,23H2,1H3,(H,24,27)(H,25,26). The van der Waals surface area contributed by atoms with Crippen molar-refractivity contribution in [1.82, 2.24) is 5.32 Å². The van der Waals surface area contributed by atoms with E-state index in [2.05, 4.69) is 10.6 Å². The maximum absolute atomic E-state index is 13.0. The third-order valence-electron chi connectivity index (χ3n) is 4.95. The predicted octanol–water partition coefficient (Wildman–Crippen LogP) is 3.39. The molecular formula is C21H24FN3O2. The maximum atomic E-state index is 13.0. The lowest BCUT2D eigenvalue weighted by Gasteiger charge is -2.26. The molecule has 0 unspecified atom stereocenters. The quantitative estimate of drug-likeness (QED) is 0.772. The van der Waals surface area contributed by atoms with Crippen LogP contribution in [0.5, 0.6) is 0 Å². The molecule has 4 N–H and O–H groups in total. The summed E-state index contributed by atoms with van der Waals surface area (Å²) in [6, 6.07) is 10.9. The Morgan fingerprint density at radius 1 is 0.963 bits per heavy atom. The van der Waals surface area contributed by atoms with Crippen molar-refractivity contribution in [1.29, 1.82) is 0 Å². The molecule has 0 saturated heterocycles. The fourth-order valence-electron chi connectivity index (χ4n) is 3.27. The topological polar surface area (TPSA) is 84.2 Å². The summed E-state index contributed by atoms with van der Waals surface area (Å²) in [5.41, 5.74) is 8.22. The Kier molecular flexibility index (Phi) is 5.86. The lowest BCUT2D eigenvalue weighted by molar-refractivity contribution is 0.0925. The molecule has 5 nitrogen and oxygen atoms in total. The first kappa shape index (κ1) is 19.0. The number of nitrogens with one attached hydrogen (secondary N) is 2. The molecule has 1 aliphatic rings. The van der Waals surface area contributed by atoms with Crippen LogP contribution < -0.4 is 16.4 Å². The van der Waals surface area contributed by atoms with Crippen LogP contribution in [0.1, 0.15) is 52.0 Å². The third-order valence-corrected chi connectivity index (χ3v) is 4.95. The number of aryl methyl sites for hydroxylation is 1. The molecule has 27 heavy (non-hydrogen) atoms. The molecule has 0 aromatic heterocycles. The van der Waals surface area contributed by atoms with E-state index in [1.807, 2.05) is 6.92 Å². The average Bonchev–Trinajstić information content (AvgIpc) is 2.65. The van der Waals surface area contributed by atoms with Gasteiger partial charge < -0.3 is 16.4 Å². The monoisotopic (exact) mass is 369 g/mol. The number of halogens is 1. The normalized spacial score (nSPS) is 19.4. The van der Waals surface area contributed by atoms with Gasteiger partial charge in [0, 0.05) is 28.9 Å². The molecule has 1 fully saturated rings. The molecule has 0 atom stereocenters. The van der Waals surface area contributed by atoms with E-state index in [1.165, 1.54) is 24.3 Å². The molecule has 142 valence electrons. The van der Waals surface area contributed by atoms with Crippen molar-refractivity contribution in [2.45, 2.75) is 44.7 Å². The van der Waals surface area contributed by atoms with Crippen molar-refractivity contribution in [3.63, 3.8) is 0 Å². The summed E-state index contributed by atoms with van der Waals surface area (Å²) in [6.07, 6.45) is 3.66. The van der Waals surface area contributed by atoms with E-state index in [0.29, 0.717) is 16.8 Å². The van der Waals surface area contributed by atoms with Gasteiger partial charge in [-0.2, -0.15) is 0 Å². The Morgan fingerprint density at radius 2 is 1.59 bits per heavy atom. The second-order valence-corrected chi connectivity index (χ2v) is 7.08. The Morgan fingerprint density at radius 3 is 2.22 bits per heavy atom. The Labute approximate surface area is 158 Å². The lowest BCUT2D eigenvalue weighted by Crippen LogP contribution is -2.40. The van der Waals surface area contributed by atoms with Gasteiger partial charge >= 0.3 is 0 Å². The summed E-state index contributed by atoms with van der Waals surface area (Å²) in [4.78, 5) is 24.7. The molecule has 6 heteroatoms. The van der Waals surface area contributed by atoms with E-state index in [1.54, 1.807) is 18.2 Å². The lowest BCUT2D eigenvalue weighted by atomic mass is 9.91. The summed E-state index contributed by atoms with van der Waals surface area (Å²) >= 11 is 0. The molecule has 0 heterocycles. The highest BCUT2D eigenvalue weighted by molar-refractivity contribution is 6.05. The number of anilines is 1. The van der Waals surface area contributed by atoms with Gasteiger partial charge in [-0.1, -0.05) is 0 Å². The van der Waals surface area contributed by atoms with Gasteiger partial charge in [0.2, 0.25) is 0 Å². The summed E-state index contributed by atoms with van der Waals surface area (Å²) in [5, 5.41) is 5.85. The molecule has 0 spiro atoms. The fourth-order valence-corrected chi connectivity index (χ4v) is 3.27. The van der Waals surface area contributed by atoms with Crippen molar-refractivity contribution in [2.75, 3.05) is 5.32 Å². The van der Waals surface area contributed by atoms with Crippen molar-refractivity contribution in [3.05, 3.63) is 65.0 Å². The van der Waals surface area contributed by atoms with Crippen molar-refractivity contribution in [3.8, 4) is 0 Å². The van der Waals surface area contributed by atoms with Crippen LogP contribution in [-0.4, -0.2) is 23.9 Å². The minimum atomic E-state index is -0.391. The summed E-state index contributed by atoms with van der Waals surface area (Å²) in [6.45, 7) is 1.83. The molecule has 1 saturated carbocycles. The van der Waals surface area contributed by atoms with Crippen LogP contribution in [0.2, 0.25) is 0 Å². The molecule has 0 radical (unpaired) electrons. The first-order valence-electron chi connectivity index (χ1n) is 9.16. The zero-order valence-corrected chi connectivity index (χ0v) is 15.3. The molecule has 2 aromatic carbocycles. The Balaban J connectivity index is 1.63. The predicted molar refractivity (Wildman–Crippen MR) is 103 cm³/mol. The van der Waals surface area contributed by atoms with E-state index in [4.69, 9.17) is 5.73 Å². The van der Waals surface area contributed by atoms with Crippen LogP contribution in [0.4, 0.5) is 10.1 Å². The van der Waals surface area contributed by atoms with Gasteiger partial charge in [0.15, 0.2) is 0 Å². The number of rotatable bonds is 4. The molecular weight excluding hydrogens is 345 g/mol. The van der Waals surface area contributed by atoms with E-state index in [0.717, 1.165) is 31.2 Å². The number of nitrogens with two attached hydrogens (primary N) is 1. The van der Waals surface area contributed by atoms with Gasteiger partial charge in [0.25, 0.3) is 11.8 Å². The summed E-state index contributed by atoms with van der Waals surface area (Å²) < 4.78 is 13.0. The Bertz CT molecular complexity index is 828. The number of hydrogen-bond donors (Lipinski definition) is 3. The maximum Gasteiger partial charge on any atom is 0.255 e. The molecule has 2 amide bonds. The highest BCUT2D eigenvalue weighted by Crippen LogP contribution is 2.20. The second kappa shape index (κ2) is 8.31. The number of amides is 2. The van der Waals surface area contributed by atoms with Crippen molar-refractivity contribution >= 4 is 17.5 Å². The van der Waals surface area contributed by atoms with Crippen molar-refractivity contribution < 1.29 is 14.0 Å². The largest absolute Gasteiger partial charge is 0.349 e. The van der Waals surface area contributed by atoms with Crippen LogP contribution >= 0.6 is 0 Å². The Hall–Kier alpha value is -2.73. The second-order valence-electron chi connectivity index (χ2n) is 7.08. The van der Waals surface area contributed by atoms with Gasteiger partial charge in [0.05, 0.1) is 0 Å². The summed E-state index contributed by atoms with van der Waals surface area (Å²) in [7, 11) is 0. The smallest absolute Gasteiger partial charge is 0.255 e. The van der Waals surface area contributed by atoms with Gasteiger partial charge in [-0.15, -0.1) is 0 Å². The SMILES string of the molecule is Cc1cc(C(=O)NC2CCC(N)CC2)ccc1NC(=O)c1ccc(F)cc1. The van der Waals surface area contributed by atoms with Crippen molar-refractivity contribution in [2.24, 2.45) is 5.73 Å². The average molecular weight is 369 g/mol. The summed E-state index contributed by atoms with van der Waals surface area (Å²) in [5.74, 6) is -0.832. The van der Waals surface area contributed by atoms with Crippen LogP contribution in [0.3, 0.4) is 0 Å². The first-order valence-corrected chi connectivity index (χ1v) is 9.16. The van der Waals surface area contributed by atoms with Crippen LogP contribution in [-0.2, 0) is 0 Å². The van der Waals surface area contributed by atoms with Crippen LogP contribution in [0.25, 0.3) is 0 Å². The highest BCUT2D eigenvalue weighted by atomic mass is 19.1. The minimum absolute atomic E-state index is 0.116. The van der Waals surface area contributed by atoms with Gasteiger partial charge in [-0.05, 0) is 80.6 Å². The zero-order chi connectivity index (χ0) is 19.4. The number of carbonyl (C=O) groups is 2. The van der Waals surface area contributed by atoms with Gasteiger partial charge in [0.1, 0.15) is 5.82 Å². The fraction of sp³-hybridized carbons (Fsp3) is 0.333. The van der Waals surface area contributed by atoms with Crippen LogP contribution in [0, 0.1) is 12.7 Å². The molecule has 0 bridgehead atoms. The molecule has 0 aliphatic heterocycles.